The summed E-state index contributed by atoms with van der Waals surface area (Å²) in [6.07, 6.45) is 1.41. The minimum atomic E-state index is -0.614. The Bertz CT molecular complexity index is 1140. The number of esters is 1. The summed E-state index contributed by atoms with van der Waals surface area (Å²) in [7, 11) is 1.51. The van der Waals surface area contributed by atoms with E-state index in [4.69, 9.17) is 27.9 Å². The normalized spacial score (nSPS) is 10.8. The van der Waals surface area contributed by atoms with E-state index < -0.39 is 11.8 Å². The molecule has 0 saturated heterocycles. The van der Waals surface area contributed by atoms with Gasteiger partial charge in [-0.25, -0.2) is 4.79 Å². The van der Waals surface area contributed by atoms with Gasteiger partial charge in [-0.05, 0) is 31.2 Å². The lowest BCUT2D eigenvalue weighted by Gasteiger charge is -2.17. The van der Waals surface area contributed by atoms with E-state index in [1.54, 1.807) is 19.1 Å². The lowest BCUT2D eigenvalue weighted by Crippen LogP contribution is -2.25. The predicted molar refractivity (Wildman–Crippen MR) is 111 cm³/mol. The number of amides is 1. The number of benzene rings is 1. The van der Waals surface area contributed by atoms with Crippen LogP contribution in [0, 0.1) is 0 Å². The number of carbonyl (C=O) groups excluding carboxylic acids is 3. The molecule has 1 N–H and O–H groups in total. The summed E-state index contributed by atoms with van der Waals surface area (Å²) < 4.78 is 5.13. The average molecular weight is 434 g/mol. The van der Waals surface area contributed by atoms with Crippen molar-refractivity contribution in [1.29, 1.82) is 0 Å². The summed E-state index contributed by atoms with van der Waals surface area (Å²) >= 11 is 12.2. The number of halogens is 2. The maximum Gasteiger partial charge on any atom is 0.338 e. The minimum Gasteiger partial charge on any atom is -0.462 e. The van der Waals surface area contributed by atoms with Crippen LogP contribution in [0.3, 0.4) is 0 Å². The standard InChI is InChI=1S/C20H17Cl2N3O4/c1-4-29-20(28)13-7-12(22)9-14-16(13)18(25(3)10(2)26)17(24-14)19(27)15-8-11(21)5-6-23-15/h5-9,24H,4H2,1-3H3. The molecule has 9 heteroatoms. The van der Waals surface area contributed by atoms with Gasteiger partial charge in [0.05, 0.1) is 23.4 Å². The van der Waals surface area contributed by atoms with Gasteiger partial charge >= 0.3 is 5.97 Å². The van der Waals surface area contributed by atoms with Gasteiger partial charge in [-0.2, -0.15) is 0 Å². The summed E-state index contributed by atoms with van der Waals surface area (Å²) in [5.74, 6) is -1.43. The fraction of sp³-hybridized carbons (Fsp3) is 0.200. The van der Waals surface area contributed by atoms with Crippen LogP contribution in [0.25, 0.3) is 10.9 Å². The van der Waals surface area contributed by atoms with Gasteiger partial charge in [-0.1, -0.05) is 23.2 Å². The molecule has 0 unspecified atom stereocenters. The van der Waals surface area contributed by atoms with Crippen LogP contribution in [0.5, 0.6) is 0 Å². The second-order valence-corrected chi connectivity index (χ2v) is 7.08. The number of anilines is 1. The minimum absolute atomic E-state index is 0.0836. The van der Waals surface area contributed by atoms with E-state index in [9.17, 15) is 14.4 Å². The number of carbonyl (C=O) groups is 3. The highest BCUT2D eigenvalue weighted by molar-refractivity contribution is 6.33. The quantitative estimate of drug-likeness (QED) is 0.479. The van der Waals surface area contributed by atoms with Gasteiger partial charge in [0.1, 0.15) is 11.4 Å². The SMILES string of the molecule is CCOC(=O)c1cc(Cl)cc2[nH]c(C(=O)c3cc(Cl)ccn3)c(N(C)C(C)=O)c12. The van der Waals surface area contributed by atoms with Crippen molar-refractivity contribution in [3.63, 3.8) is 0 Å². The fourth-order valence-electron chi connectivity index (χ4n) is 2.96. The number of pyridine rings is 1. The zero-order valence-corrected chi connectivity index (χ0v) is 17.4. The van der Waals surface area contributed by atoms with Crippen molar-refractivity contribution in [3.8, 4) is 0 Å². The van der Waals surface area contributed by atoms with Gasteiger partial charge < -0.3 is 14.6 Å². The molecule has 0 radical (unpaired) electrons. The van der Waals surface area contributed by atoms with E-state index in [0.29, 0.717) is 15.9 Å². The Morgan fingerprint density at radius 1 is 1.17 bits per heavy atom. The Labute approximate surface area is 176 Å². The van der Waals surface area contributed by atoms with Crippen molar-refractivity contribution in [2.75, 3.05) is 18.6 Å². The molecule has 0 aliphatic carbocycles. The Kier molecular flexibility index (Phi) is 5.91. The highest BCUT2D eigenvalue weighted by Gasteiger charge is 2.28. The van der Waals surface area contributed by atoms with E-state index in [1.165, 1.54) is 37.2 Å². The van der Waals surface area contributed by atoms with Crippen molar-refractivity contribution in [1.82, 2.24) is 9.97 Å². The highest BCUT2D eigenvalue weighted by Crippen LogP contribution is 2.37. The van der Waals surface area contributed by atoms with Crippen LogP contribution in [0.1, 0.15) is 40.4 Å². The number of fused-ring (bicyclic) bond motifs is 1. The van der Waals surface area contributed by atoms with Crippen molar-refractivity contribution in [3.05, 3.63) is 57.5 Å². The van der Waals surface area contributed by atoms with E-state index in [-0.39, 0.29) is 40.2 Å². The molecule has 3 aromatic rings. The molecule has 0 fully saturated rings. The van der Waals surface area contributed by atoms with E-state index in [0.717, 1.165) is 0 Å². The number of hydrogen-bond donors (Lipinski definition) is 1. The Morgan fingerprint density at radius 3 is 2.52 bits per heavy atom. The lowest BCUT2D eigenvalue weighted by atomic mass is 10.1. The van der Waals surface area contributed by atoms with Gasteiger partial charge in [-0.3, -0.25) is 14.6 Å². The van der Waals surface area contributed by atoms with Crippen molar-refractivity contribution < 1.29 is 19.1 Å². The van der Waals surface area contributed by atoms with E-state index in [1.807, 2.05) is 0 Å². The first-order chi connectivity index (χ1) is 13.7. The molecular formula is C20H17Cl2N3O4. The summed E-state index contributed by atoms with van der Waals surface area (Å²) in [4.78, 5) is 46.2. The molecule has 3 rings (SSSR count). The molecule has 1 amide bonds. The summed E-state index contributed by atoms with van der Waals surface area (Å²) in [5, 5.41) is 0.978. The molecule has 150 valence electrons. The van der Waals surface area contributed by atoms with Gasteiger partial charge in [0, 0.05) is 35.6 Å². The third-order valence-corrected chi connectivity index (χ3v) is 4.77. The summed E-state index contributed by atoms with van der Waals surface area (Å²) in [5.41, 5.74) is 0.964. The first-order valence-corrected chi connectivity index (χ1v) is 9.43. The van der Waals surface area contributed by atoms with Gasteiger partial charge in [0.15, 0.2) is 0 Å². The van der Waals surface area contributed by atoms with Gasteiger partial charge in [0.25, 0.3) is 0 Å². The van der Waals surface area contributed by atoms with Gasteiger partial charge in [0.2, 0.25) is 11.7 Å². The largest absolute Gasteiger partial charge is 0.462 e. The van der Waals surface area contributed by atoms with Crippen molar-refractivity contribution >= 4 is 57.5 Å². The molecule has 0 bridgehead atoms. The van der Waals surface area contributed by atoms with E-state index >= 15 is 0 Å². The molecule has 2 aromatic heterocycles. The summed E-state index contributed by atoms with van der Waals surface area (Å²) in [6, 6.07) is 5.98. The average Bonchev–Trinajstić information content (AvgIpc) is 3.05. The molecular weight excluding hydrogens is 417 g/mol. The molecule has 2 heterocycles. The maximum atomic E-state index is 13.2. The molecule has 29 heavy (non-hydrogen) atoms. The van der Waals surface area contributed by atoms with Crippen LogP contribution in [0.2, 0.25) is 10.0 Å². The second-order valence-electron chi connectivity index (χ2n) is 6.21. The number of aromatic nitrogens is 2. The predicted octanol–water partition coefficient (Wildman–Crippen LogP) is 4.26. The Morgan fingerprint density at radius 2 is 1.90 bits per heavy atom. The van der Waals surface area contributed by atoms with Gasteiger partial charge in [-0.15, -0.1) is 0 Å². The van der Waals surface area contributed by atoms with Crippen LogP contribution in [-0.2, 0) is 9.53 Å². The van der Waals surface area contributed by atoms with Crippen LogP contribution < -0.4 is 4.90 Å². The summed E-state index contributed by atoms with van der Waals surface area (Å²) in [6.45, 7) is 3.19. The Balaban J connectivity index is 2.34. The third kappa shape index (κ3) is 3.97. The molecule has 1 aromatic carbocycles. The van der Waals surface area contributed by atoms with Crippen molar-refractivity contribution in [2.24, 2.45) is 0 Å². The zero-order valence-electron chi connectivity index (χ0n) is 15.9. The van der Waals surface area contributed by atoms with Crippen molar-refractivity contribution in [2.45, 2.75) is 13.8 Å². The molecule has 0 atom stereocenters. The number of rotatable bonds is 5. The molecule has 7 nitrogen and oxygen atoms in total. The number of nitrogens with one attached hydrogen (secondary N) is 1. The number of aromatic amines is 1. The number of nitrogens with zero attached hydrogens (tertiary/aromatic N) is 2. The molecule has 0 saturated carbocycles. The first kappa shape index (κ1) is 20.8. The number of ketones is 1. The monoisotopic (exact) mass is 433 g/mol. The molecule has 0 aliphatic rings. The Hall–Kier alpha value is -2.90. The zero-order chi connectivity index (χ0) is 21.3. The fourth-order valence-corrected chi connectivity index (χ4v) is 3.34. The van der Waals surface area contributed by atoms with E-state index in [2.05, 4.69) is 9.97 Å². The van der Waals surface area contributed by atoms with Crippen LogP contribution in [0.4, 0.5) is 5.69 Å². The second kappa shape index (κ2) is 8.23. The number of H-pyrrole nitrogens is 1. The van der Waals surface area contributed by atoms with Crippen LogP contribution in [-0.4, -0.2) is 41.3 Å². The molecule has 0 aliphatic heterocycles. The smallest absolute Gasteiger partial charge is 0.338 e. The third-order valence-electron chi connectivity index (χ3n) is 4.32. The lowest BCUT2D eigenvalue weighted by molar-refractivity contribution is -0.116. The number of ether oxygens (including phenoxy) is 1. The number of hydrogen-bond acceptors (Lipinski definition) is 5. The molecule has 0 spiro atoms. The van der Waals surface area contributed by atoms with Crippen LogP contribution in [0.15, 0.2) is 30.5 Å². The van der Waals surface area contributed by atoms with Crippen LogP contribution >= 0.6 is 23.2 Å². The topological polar surface area (TPSA) is 92.4 Å². The highest BCUT2D eigenvalue weighted by atomic mass is 35.5. The first-order valence-electron chi connectivity index (χ1n) is 8.67. The maximum absolute atomic E-state index is 13.2.